The number of hydrogen-bond donors (Lipinski definition) is 5. The first-order valence-corrected chi connectivity index (χ1v) is 13.4. The van der Waals surface area contributed by atoms with Crippen molar-refractivity contribution in [3.8, 4) is 0 Å². The fourth-order valence-electron chi connectivity index (χ4n) is 9.17. The first-order valence-electron chi connectivity index (χ1n) is 13.4. The summed E-state index contributed by atoms with van der Waals surface area (Å²) >= 11 is 0. The van der Waals surface area contributed by atoms with E-state index in [0.29, 0.717) is 23.7 Å². The second-order valence-electron chi connectivity index (χ2n) is 12.7. The molecule has 5 fully saturated rings. The highest BCUT2D eigenvalue weighted by Gasteiger charge is 2.66. The van der Waals surface area contributed by atoms with Crippen molar-refractivity contribution < 1.29 is 24.8 Å². The van der Waals surface area contributed by atoms with E-state index in [1.165, 1.54) is 6.42 Å². The molecular formula is C26H46N2O5. The number of aliphatic hydroxyl groups excluding tert-OH is 3. The van der Waals surface area contributed by atoms with Crippen molar-refractivity contribution in [1.29, 1.82) is 0 Å². The molecule has 33 heavy (non-hydrogen) atoms. The Labute approximate surface area is 198 Å². The van der Waals surface area contributed by atoms with E-state index in [9.17, 15) is 15.3 Å². The Morgan fingerprint density at radius 2 is 1.73 bits per heavy atom. The van der Waals surface area contributed by atoms with Crippen LogP contribution in [0.15, 0.2) is 0 Å². The summed E-state index contributed by atoms with van der Waals surface area (Å²) < 4.78 is 12.1. The van der Waals surface area contributed by atoms with Gasteiger partial charge in [0.05, 0.1) is 18.2 Å². The van der Waals surface area contributed by atoms with Gasteiger partial charge in [0.15, 0.2) is 6.29 Å². The van der Waals surface area contributed by atoms with Crippen LogP contribution in [0.4, 0.5) is 0 Å². The number of fused-ring (bicyclic) bond motifs is 5. The van der Waals surface area contributed by atoms with E-state index < -0.39 is 24.5 Å². The Hall–Kier alpha value is -0.280. The third kappa shape index (κ3) is 3.48. The lowest BCUT2D eigenvalue weighted by molar-refractivity contribution is -0.290. The molecule has 7 heteroatoms. The van der Waals surface area contributed by atoms with Crippen LogP contribution in [0.1, 0.15) is 78.6 Å². The molecule has 0 aromatic rings. The molecular weight excluding hydrogens is 420 g/mol. The number of aliphatic hydroxyl groups is 3. The van der Waals surface area contributed by atoms with Gasteiger partial charge in [-0.1, -0.05) is 13.8 Å². The van der Waals surface area contributed by atoms with Gasteiger partial charge in [-0.15, -0.1) is 0 Å². The van der Waals surface area contributed by atoms with Crippen LogP contribution in [0.5, 0.6) is 0 Å². The Morgan fingerprint density at radius 3 is 2.45 bits per heavy atom. The average Bonchev–Trinajstić information content (AvgIpc) is 3.06. The molecule has 0 aromatic heterocycles. The van der Waals surface area contributed by atoms with E-state index in [1.807, 2.05) is 6.92 Å². The Bertz CT molecular complexity index is 739. The van der Waals surface area contributed by atoms with Crippen molar-refractivity contribution in [3.63, 3.8) is 0 Å². The predicted molar refractivity (Wildman–Crippen MR) is 125 cm³/mol. The zero-order chi connectivity index (χ0) is 23.8. The second kappa shape index (κ2) is 8.39. The highest BCUT2D eigenvalue weighted by Crippen LogP contribution is 2.68. The first-order chi connectivity index (χ1) is 15.5. The van der Waals surface area contributed by atoms with Crippen LogP contribution in [-0.4, -0.2) is 64.2 Å². The quantitative estimate of drug-likeness (QED) is 0.401. The maximum atomic E-state index is 10.5. The summed E-state index contributed by atoms with van der Waals surface area (Å²) in [6, 6.07) is -0.605. The van der Waals surface area contributed by atoms with Gasteiger partial charge < -0.3 is 36.3 Å². The zero-order valence-electron chi connectivity index (χ0n) is 20.7. The molecule has 4 saturated carbocycles. The van der Waals surface area contributed by atoms with Gasteiger partial charge in [-0.2, -0.15) is 0 Å². The minimum Gasteiger partial charge on any atom is -0.396 e. The molecule has 13 atom stereocenters. The van der Waals surface area contributed by atoms with Gasteiger partial charge in [0.25, 0.3) is 0 Å². The second-order valence-corrected chi connectivity index (χ2v) is 12.7. The van der Waals surface area contributed by atoms with Crippen LogP contribution >= 0.6 is 0 Å². The summed E-state index contributed by atoms with van der Waals surface area (Å²) in [5.74, 6) is 2.08. The molecule has 4 aliphatic carbocycles. The Morgan fingerprint density at radius 1 is 0.970 bits per heavy atom. The maximum Gasteiger partial charge on any atom is 0.186 e. The van der Waals surface area contributed by atoms with Crippen molar-refractivity contribution >= 4 is 0 Å². The summed E-state index contributed by atoms with van der Waals surface area (Å²) in [7, 11) is 0. The van der Waals surface area contributed by atoms with Gasteiger partial charge in [-0.3, -0.25) is 0 Å². The van der Waals surface area contributed by atoms with Crippen LogP contribution in [0.25, 0.3) is 0 Å². The molecule has 7 N–H and O–H groups in total. The lowest BCUT2D eigenvalue weighted by Gasteiger charge is -2.64. The van der Waals surface area contributed by atoms with E-state index in [0.717, 1.165) is 51.4 Å². The van der Waals surface area contributed by atoms with Crippen LogP contribution in [0, 0.1) is 34.5 Å². The highest BCUT2D eigenvalue weighted by molar-refractivity contribution is 5.19. The van der Waals surface area contributed by atoms with Crippen LogP contribution < -0.4 is 11.5 Å². The molecule has 0 amide bonds. The number of nitrogens with two attached hydrogens (primary N) is 2. The fourth-order valence-corrected chi connectivity index (χ4v) is 9.17. The van der Waals surface area contributed by atoms with Crippen molar-refractivity contribution in [2.45, 2.75) is 121 Å². The third-order valence-corrected chi connectivity index (χ3v) is 11.6. The number of hydrogen-bond acceptors (Lipinski definition) is 7. The highest BCUT2D eigenvalue weighted by atomic mass is 16.7. The van der Waals surface area contributed by atoms with E-state index in [4.69, 9.17) is 20.9 Å². The molecule has 0 bridgehead atoms. The molecule has 190 valence electrons. The summed E-state index contributed by atoms with van der Waals surface area (Å²) in [5.41, 5.74) is 13.4. The van der Waals surface area contributed by atoms with Gasteiger partial charge in [0, 0.05) is 12.1 Å². The summed E-state index contributed by atoms with van der Waals surface area (Å²) in [5, 5.41) is 30.8. The molecule has 5 rings (SSSR count). The molecule has 7 nitrogen and oxygen atoms in total. The van der Waals surface area contributed by atoms with Gasteiger partial charge in [0.1, 0.15) is 12.2 Å². The largest absolute Gasteiger partial charge is 0.396 e. The Kier molecular flexibility index (Phi) is 6.21. The normalized spacial score (nSPS) is 58.9. The molecule has 0 unspecified atom stereocenters. The Balaban J connectivity index is 1.28. The third-order valence-electron chi connectivity index (χ3n) is 11.6. The smallest absolute Gasteiger partial charge is 0.186 e. The molecule has 1 saturated heterocycles. The zero-order valence-corrected chi connectivity index (χ0v) is 20.7. The van der Waals surface area contributed by atoms with Crippen molar-refractivity contribution in [3.05, 3.63) is 0 Å². The first kappa shape index (κ1) is 24.4. The van der Waals surface area contributed by atoms with Crippen molar-refractivity contribution in [2.24, 2.45) is 46.0 Å². The number of ether oxygens (including phenoxy) is 2. The lowest BCUT2D eigenvalue weighted by atomic mass is 9.42. The van der Waals surface area contributed by atoms with Gasteiger partial charge in [-0.05, 0) is 99.2 Å². The molecule has 0 radical (unpaired) electrons. The van der Waals surface area contributed by atoms with Crippen LogP contribution in [0.3, 0.4) is 0 Å². The van der Waals surface area contributed by atoms with Crippen molar-refractivity contribution in [2.75, 3.05) is 6.61 Å². The average molecular weight is 467 g/mol. The van der Waals surface area contributed by atoms with Gasteiger partial charge in [-0.25, -0.2) is 0 Å². The topological polar surface area (TPSA) is 131 Å². The SMILES string of the molecule is C[C@H]1O[C@@H](O[C@H]2CC[C@@]3(C)[C@H](CC[C@@H]4[C@@H]3CC[C@]3(C)[C@@H](CO)CC[C@]43N)C2)[C@H](O)[C@@H](O)[C@@H]1N. The molecule has 0 aromatic carbocycles. The minimum atomic E-state index is -1.12. The molecule has 5 aliphatic rings. The molecule has 0 spiro atoms. The van der Waals surface area contributed by atoms with Gasteiger partial charge in [0.2, 0.25) is 0 Å². The van der Waals surface area contributed by atoms with E-state index in [-0.39, 0.29) is 35.2 Å². The van der Waals surface area contributed by atoms with Crippen molar-refractivity contribution in [1.82, 2.24) is 0 Å². The summed E-state index contributed by atoms with van der Waals surface area (Å²) in [6.45, 7) is 6.93. The number of rotatable bonds is 3. The van der Waals surface area contributed by atoms with E-state index in [2.05, 4.69) is 13.8 Å². The standard InChI is InChI=1S/C26H46N2O5/c1-14-20(27)21(30)22(31)23(32-14)33-17-7-9-24(2)15(12-17)4-5-19-18(24)8-10-25(3)16(13-29)6-11-26(19,25)28/h14-23,29-31H,4-13,27-28H2,1-3H3/t14-,15-,16-,17+,18+,19-,20-,21+,22-,23+,24+,25-,26+/m1/s1. The summed E-state index contributed by atoms with van der Waals surface area (Å²) in [4.78, 5) is 0. The van der Waals surface area contributed by atoms with Crippen LogP contribution in [0.2, 0.25) is 0 Å². The minimum absolute atomic E-state index is 0.0268. The molecule has 1 heterocycles. The van der Waals surface area contributed by atoms with Crippen LogP contribution in [-0.2, 0) is 9.47 Å². The maximum absolute atomic E-state index is 10.5. The van der Waals surface area contributed by atoms with Gasteiger partial charge >= 0.3 is 0 Å². The van der Waals surface area contributed by atoms with E-state index in [1.54, 1.807) is 0 Å². The summed E-state index contributed by atoms with van der Waals surface area (Å²) in [6.07, 6.45) is 6.46. The van der Waals surface area contributed by atoms with E-state index >= 15 is 0 Å². The molecule has 1 aliphatic heterocycles. The predicted octanol–water partition coefficient (Wildman–Crippen LogP) is 1.90. The monoisotopic (exact) mass is 466 g/mol. The lowest BCUT2D eigenvalue weighted by Crippen LogP contribution is -2.66. The fraction of sp³-hybridized carbons (Fsp3) is 1.00.